The summed E-state index contributed by atoms with van der Waals surface area (Å²) >= 11 is 3.93. The van der Waals surface area contributed by atoms with E-state index in [2.05, 4.69) is 12.1 Å². The van der Waals surface area contributed by atoms with Gasteiger partial charge in [0.2, 0.25) is 10.0 Å². The van der Waals surface area contributed by atoms with Crippen molar-refractivity contribution in [3.05, 3.63) is 65.7 Å². The number of nitrogens with zero attached hydrogens (tertiary/aromatic N) is 2. The smallest absolute Gasteiger partial charge is 0.253 e. The van der Waals surface area contributed by atoms with E-state index >= 15 is 0 Å². The molecule has 0 atom stereocenters. The number of carbonyl (C=O) groups excluding carboxylic acids is 1. The lowest BCUT2D eigenvalue weighted by Gasteiger charge is -2.34. The van der Waals surface area contributed by atoms with E-state index < -0.39 is 10.0 Å². The van der Waals surface area contributed by atoms with E-state index in [0.29, 0.717) is 41.2 Å². The van der Waals surface area contributed by atoms with Gasteiger partial charge in [0.05, 0.1) is 9.48 Å². The van der Waals surface area contributed by atoms with Crippen molar-refractivity contribution < 1.29 is 13.2 Å². The molecule has 1 amide bonds. The molecule has 5 nitrogen and oxygen atoms in total. The second kappa shape index (κ2) is 9.12. The van der Waals surface area contributed by atoms with Gasteiger partial charge in [0.25, 0.3) is 5.91 Å². The summed E-state index contributed by atoms with van der Waals surface area (Å²) in [5.74, 6) is 2.35. The Labute approximate surface area is 180 Å². The first-order valence-electron chi connectivity index (χ1n) is 9.73. The van der Waals surface area contributed by atoms with E-state index in [1.165, 1.54) is 27.8 Å². The molecule has 2 fully saturated rings. The predicted octanol–water partition coefficient (Wildman–Crippen LogP) is 3.70. The normalized spacial score (nSPS) is 19.2. The number of amides is 1. The fourth-order valence-electron chi connectivity index (χ4n) is 3.52. The zero-order chi connectivity index (χ0) is 20.3. The van der Waals surface area contributed by atoms with Crippen LogP contribution in [0.4, 0.5) is 0 Å². The molecule has 0 spiro atoms. The maximum absolute atomic E-state index is 12.9. The lowest BCUT2D eigenvalue weighted by molar-refractivity contribution is 0.0698. The summed E-state index contributed by atoms with van der Waals surface area (Å²) in [7, 11) is -3.50. The van der Waals surface area contributed by atoms with Crippen molar-refractivity contribution >= 4 is 39.5 Å². The number of rotatable bonds is 4. The molecular formula is C21H24N2O3S3. The van der Waals surface area contributed by atoms with Gasteiger partial charge in [-0.2, -0.15) is 4.31 Å². The monoisotopic (exact) mass is 448 g/mol. The van der Waals surface area contributed by atoms with Gasteiger partial charge in [0.15, 0.2) is 0 Å². The molecule has 2 aliphatic rings. The third-order valence-corrected chi connectivity index (χ3v) is 10.1. The first-order chi connectivity index (χ1) is 14.1. The number of benzene rings is 2. The summed E-state index contributed by atoms with van der Waals surface area (Å²) < 4.78 is 27.4. The highest BCUT2D eigenvalue weighted by atomic mass is 32.2. The van der Waals surface area contributed by atoms with Crippen molar-refractivity contribution in [2.75, 3.05) is 37.7 Å². The summed E-state index contributed by atoms with van der Waals surface area (Å²) in [6.45, 7) is 1.44. The van der Waals surface area contributed by atoms with Gasteiger partial charge in [-0.15, -0.1) is 23.5 Å². The fraction of sp³-hybridized carbons (Fsp3) is 0.381. The minimum atomic E-state index is -3.50. The van der Waals surface area contributed by atoms with Crippen LogP contribution in [0.3, 0.4) is 0 Å². The van der Waals surface area contributed by atoms with Crippen LogP contribution in [-0.2, 0) is 10.0 Å². The molecule has 2 aliphatic heterocycles. The predicted molar refractivity (Wildman–Crippen MR) is 120 cm³/mol. The Hall–Kier alpha value is -1.48. The van der Waals surface area contributed by atoms with Crippen LogP contribution in [0.5, 0.6) is 0 Å². The summed E-state index contributed by atoms with van der Waals surface area (Å²) in [4.78, 5) is 14.9. The highest BCUT2D eigenvalue weighted by molar-refractivity contribution is 8.16. The molecule has 0 unspecified atom stereocenters. The van der Waals surface area contributed by atoms with Crippen molar-refractivity contribution in [2.24, 2.45) is 0 Å². The summed E-state index contributed by atoms with van der Waals surface area (Å²) in [5, 5.41) is 0. The van der Waals surface area contributed by atoms with E-state index in [-0.39, 0.29) is 5.91 Å². The first kappa shape index (κ1) is 20.8. The Morgan fingerprint density at radius 1 is 0.862 bits per heavy atom. The molecule has 8 heteroatoms. The highest BCUT2D eigenvalue weighted by Gasteiger charge is 2.30. The van der Waals surface area contributed by atoms with Crippen molar-refractivity contribution in [1.82, 2.24) is 9.21 Å². The standard InChI is InChI=1S/C21H24N2O3S3/c24-20(17-7-9-18(10-8-17)21-27-15-4-16-28-21)22-11-13-23(14-12-22)29(25,26)19-5-2-1-3-6-19/h1-3,5-10,21H,4,11-16H2. The van der Waals surface area contributed by atoms with Crippen LogP contribution >= 0.6 is 23.5 Å². The maximum Gasteiger partial charge on any atom is 0.253 e. The van der Waals surface area contributed by atoms with Crippen molar-refractivity contribution in [2.45, 2.75) is 15.9 Å². The fourth-order valence-corrected chi connectivity index (χ4v) is 7.86. The Morgan fingerprint density at radius 2 is 1.48 bits per heavy atom. The second-order valence-corrected chi connectivity index (χ2v) is 11.7. The Kier molecular flexibility index (Phi) is 6.53. The molecule has 0 N–H and O–H groups in total. The number of piperazine rings is 1. The van der Waals surface area contributed by atoms with Crippen molar-refractivity contribution in [3.63, 3.8) is 0 Å². The van der Waals surface area contributed by atoms with Gasteiger partial charge in [-0.05, 0) is 47.8 Å². The van der Waals surface area contributed by atoms with Crippen LogP contribution in [0.2, 0.25) is 0 Å². The lowest BCUT2D eigenvalue weighted by atomic mass is 10.1. The SMILES string of the molecule is O=C(c1ccc(C2SCCCS2)cc1)N1CCN(S(=O)(=O)c2ccccc2)CC1. The van der Waals surface area contributed by atoms with Gasteiger partial charge < -0.3 is 4.90 Å². The average molecular weight is 449 g/mol. The van der Waals surface area contributed by atoms with E-state index in [1.54, 1.807) is 35.2 Å². The van der Waals surface area contributed by atoms with Crippen LogP contribution in [0, 0.1) is 0 Å². The highest BCUT2D eigenvalue weighted by Crippen LogP contribution is 2.43. The third kappa shape index (κ3) is 4.66. The Balaban J connectivity index is 1.38. The summed E-state index contributed by atoms with van der Waals surface area (Å²) in [6.07, 6.45) is 1.26. The van der Waals surface area contributed by atoms with Crippen LogP contribution < -0.4 is 0 Å². The van der Waals surface area contributed by atoms with Crippen LogP contribution in [0.1, 0.15) is 26.9 Å². The molecule has 0 saturated carbocycles. The molecule has 0 aliphatic carbocycles. The largest absolute Gasteiger partial charge is 0.336 e. The minimum absolute atomic E-state index is 0.0303. The molecule has 2 aromatic rings. The molecule has 4 rings (SSSR count). The van der Waals surface area contributed by atoms with Gasteiger partial charge in [-0.25, -0.2) is 8.42 Å². The van der Waals surface area contributed by atoms with E-state index in [1.807, 2.05) is 35.7 Å². The van der Waals surface area contributed by atoms with Gasteiger partial charge >= 0.3 is 0 Å². The molecule has 0 bridgehead atoms. The molecule has 29 heavy (non-hydrogen) atoms. The molecule has 2 heterocycles. The van der Waals surface area contributed by atoms with Crippen LogP contribution in [-0.4, -0.2) is 61.2 Å². The Morgan fingerprint density at radius 3 is 2.10 bits per heavy atom. The average Bonchev–Trinajstić information content (AvgIpc) is 2.80. The van der Waals surface area contributed by atoms with Gasteiger partial charge in [-0.1, -0.05) is 30.3 Å². The number of thioether (sulfide) groups is 2. The van der Waals surface area contributed by atoms with E-state index in [4.69, 9.17) is 0 Å². The number of carbonyl (C=O) groups is 1. The first-order valence-corrected chi connectivity index (χ1v) is 13.3. The minimum Gasteiger partial charge on any atom is -0.336 e. The van der Waals surface area contributed by atoms with Crippen molar-refractivity contribution in [1.29, 1.82) is 0 Å². The third-order valence-electron chi connectivity index (χ3n) is 5.16. The number of hydrogen-bond acceptors (Lipinski definition) is 5. The lowest BCUT2D eigenvalue weighted by Crippen LogP contribution is -2.50. The zero-order valence-electron chi connectivity index (χ0n) is 16.1. The van der Waals surface area contributed by atoms with E-state index in [0.717, 1.165) is 0 Å². The number of sulfonamides is 1. The summed E-state index contributed by atoms with van der Waals surface area (Å²) in [5.41, 5.74) is 1.92. The summed E-state index contributed by atoms with van der Waals surface area (Å²) in [6, 6.07) is 16.4. The Bertz CT molecular complexity index is 935. The van der Waals surface area contributed by atoms with Crippen molar-refractivity contribution in [3.8, 4) is 0 Å². The maximum atomic E-state index is 12.9. The zero-order valence-corrected chi connectivity index (χ0v) is 18.5. The molecule has 0 aromatic heterocycles. The van der Waals surface area contributed by atoms with Gasteiger partial charge in [0, 0.05) is 31.7 Å². The molecule has 2 saturated heterocycles. The number of hydrogen-bond donors (Lipinski definition) is 0. The molecule has 0 radical (unpaired) electrons. The quantitative estimate of drug-likeness (QED) is 0.714. The van der Waals surface area contributed by atoms with Gasteiger partial charge in [0.1, 0.15) is 0 Å². The molecule has 154 valence electrons. The second-order valence-electron chi connectivity index (χ2n) is 7.06. The van der Waals surface area contributed by atoms with E-state index in [9.17, 15) is 13.2 Å². The molecule has 2 aromatic carbocycles. The molecular weight excluding hydrogens is 424 g/mol. The topological polar surface area (TPSA) is 57.7 Å². The van der Waals surface area contributed by atoms with Crippen LogP contribution in [0.15, 0.2) is 59.5 Å². The van der Waals surface area contributed by atoms with Gasteiger partial charge in [-0.3, -0.25) is 4.79 Å². The van der Waals surface area contributed by atoms with Crippen LogP contribution in [0.25, 0.3) is 0 Å².